The molecule has 1 aliphatic rings. The third kappa shape index (κ3) is 5.69. The van der Waals surface area contributed by atoms with Gasteiger partial charge in [-0.3, -0.25) is 0 Å². The molecule has 1 aromatic carbocycles. The molecule has 0 aliphatic carbocycles. The largest absolute Gasteiger partial charge is 0.378 e. The van der Waals surface area contributed by atoms with Crippen LogP contribution >= 0.6 is 0 Å². The summed E-state index contributed by atoms with van der Waals surface area (Å²) >= 11 is 0. The first-order chi connectivity index (χ1) is 13.2. The Labute approximate surface area is 160 Å². The predicted molar refractivity (Wildman–Crippen MR) is 107 cm³/mol. The molecule has 0 saturated carbocycles. The number of hydrogen-bond donors (Lipinski definition) is 2. The van der Waals surface area contributed by atoms with E-state index in [0.717, 1.165) is 30.9 Å². The molecular formula is C21H28N4O2. The zero-order valence-corrected chi connectivity index (χ0v) is 15.9. The van der Waals surface area contributed by atoms with Crippen molar-refractivity contribution in [1.82, 2.24) is 15.6 Å². The van der Waals surface area contributed by atoms with Gasteiger partial charge in [0.15, 0.2) is 0 Å². The maximum atomic E-state index is 12.1. The summed E-state index contributed by atoms with van der Waals surface area (Å²) in [4.78, 5) is 18.9. The Morgan fingerprint density at radius 3 is 2.70 bits per heavy atom. The average Bonchev–Trinajstić information content (AvgIpc) is 2.73. The lowest BCUT2D eigenvalue weighted by Gasteiger charge is -2.29. The van der Waals surface area contributed by atoms with Gasteiger partial charge >= 0.3 is 6.03 Å². The van der Waals surface area contributed by atoms with E-state index in [2.05, 4.69) is 39.6 Å². The van der Waals surface area contributed by atoms with Crippen LogP contribution in [0.1, 0.15) is 30.4 Å². The van der Waals surface area contributed by atoms with Crippen molar-refractivity contribution in [2.45, 2.75) is 25.8 Å². The third-order valence-electron chi connectivity index (χ3n) is 4.85. The number of anilines is 1. The monoisotopic (exact) mass is 368 g/mol. The fourth-order valence-corrected chi connectivity index (χ4v) is 3.22. The highest BCUT2D eigenvalue weighted by atomic mass is 16.5. The molecule has 2 amide bonds. The quantitative estimate of drug-likeness (QED) is 0.789. The number of hydrogen-bond acceptors (Lipinski definition) is 4. The lowest BCUT2D eigenvalue weighted by molar-refractivity contribution is 0.122. The molecule has 1 fully saturated rings. The van der Waals surface area contributed by atoms with Crippen LogP contribution in [0.4, 0.5) is 10.6 Å². The van der Waals surface area contributed by atoms with Crippen LogP contribution in [0.2, 0.25) is 0 Å². The zero-order valence-electron chi connectivity index (χ0n) is 15.9. The van der Waals surface area contributed by atoms with Crippen molar-refractivity contribution in [2.24, 2.45) is 0 Å². The summed E-state index contributed by atoms with van der Waals surface area (Å²) in [5.74, 6) is 1.34. The van der Waals surface area contributed by atoms with Crippen LogP contribution in [0.25, 0.3) is 0 Å². The molecule has 0 bridgehead atoms. The summed E-state index contributed by atoms with van der Waals surface area (Å²) in [6.45, 7) is 6.36. The van der Waals surface area contributed by atoms with E-state index in [4.69, 9.17) is 4.74 Å². The van der Waals surface area contributed by atoms with E-state index in [1.807, 2.05) is 30.3 Å². The van der Waals surface area contributed by atoms with Gasteiger partial charge in [0.1, 0.15) is 5.82 Å². The number of nitrogens with zero attached hydrogens (tertiary/aromatic N) is 2. The van der Waals surface area contributed by atoms with Gasteiger partial charge in [-0.2, -0.15) is 0 Å². The minimum Gasteiger partial charge on any atom is -0.378 e. The van der Waals surface area contributed by atoms with Gasteiger partial charge in [-0.15, -0.1) is 0 Å². The molecule has 6 heteroatoms. The van der Waals surface area contributed by atoms with Gasteiger partial charge in [0.2, 0.25) is 0 Å². The number of aromatic nitrogens is 1. The molecule has 2 aromatic rings. The lowest BCUT2D eigenvalue weighted by Crippen LogP contribution is -2.39. The Hall–Kier alpha value is -2.60. The van der Waals surface area contributed by atoms with Crippen LogP contribution in [0.5, 0.6) is 0 Å². The molecule has 1 saturated heterocycles. The second kappa shape index (κ2) is 9.92. The number of nitrogens with one attached hydrogen (secondary N) is 2. The molecule has 0 spiro atoms. The highest BCUT2D eigenvalue weighted by Gasteiger charge is 2.16. The standard InChI is InChI=1S/C21H28N4O2/c1-17(18-6-3-2-4-7-18)9-11-23-21(26)24-16-19-8-5-10-22-20(19)25-12-14-27-15-13-25/h2-8,10,17H,9,11-16H2,1H3,(H2,23,24,26)/t17-/m1/s1. The van der Waals surface area contributed by atoms with E-state index in [1.54, 1.807) is 6.20 Å². The highest BCUT2D eigenvalue weighted by molar-refractivity contribution is 5.74. The molecular weight excluding hydrogens is 340 g/mol. The zero-order chi connectivity index (χ0) is 18.9. The Morgan fingerprint density at radius 1 is 1.15 bits per heavy atom. The first kappa shape index (κ1) is 19.2. The number of amides is 2. The minimum atomic E-state index is -0.146. The number of ether oxygens (including phenoxy) is 1. The number of carbonyl (C=O) groups is 1. The molecule has 0 radical (unpaired) electrons. The van der Waals surface area contributed by atoms with Crippen LogP contribution in [-0.2, 0) is 11.3 Å². The number of morpholine rings is 1. The summed E-state index contributed by atoms with van der Waals surface area (Å²) in [6, 6.07) is 14.1. The molecule has 3 rings (SSSR count). The molecule has 6 nitrogen and oxygen atoms in total. The first-order valence-electron chi connectivity index (χ1n) is 9.57. The van der Waals surface area contributed by atoms with Crippen molar-refractivity contribution in [3.05, 3.63) is 59.8 Å². The van der Waals surface area contributed by atoms with Crippen molar-refractivity contribution >= 4 is 11.8 Å². The van der Waals surface area contributed by atoms with Gasteiger partial charge in [0, 0.05) is 37.9 Å². The van der Waals surface area contributed by atoms with Crippen LogP contribution in [0.15, 0.2) is 48.7 Å². The number of carbonyl (C=O) groups excluding carboxylic acids is 1. The van der Waals surface area contributed by atoms with Gasteiger partial charge in [0.25, 0.3) is 0 Å². The minimum absolute atomic E-state index is 0.146. The average molecular weight is 368 g/mol. The van der Waals surface area contributed by atoms with Gasteiger partial charge < -0.3 is 20.3 Å². The predicted octanol–water partition coefficient (Wildman–Crippen LogP) is 2.91. The van der Waals surface area contributed by atoms with E-state index in [9.17, 15) is 4.79 Å². The molecule has 27 heavy (non-hydrogen) atoms. The molecule has 1 aliphatic heterocycles. The van der Waals surface area contributed by atoms with Crippen molar-refractivity contribution in [2.75, 3.05) is 37.7 Å². The third-order valence-corrected chi connectivity index (χ3v) is 4.85. The van der Waals surface area contributed by atoms with Crippen LogP contribution in [-0.4, -0.2) is 43.9 Å². The van der Waals surface area contributed by atoms with Crippen LogP contribution in [0.3, 0.4) is 0 Å². The Kier molecular flexibility index (Phi) is 7.04. The van der Waals surface area contributed by atoms with E-state index >= 15 is 0 Å². The lowest BCUT2D eigenvalue weighted by atomic mass is 9.98. The van der Waals surface area contributed by atoms with Gasteiger partial charge in [-0.1, -0.05) is 43.3 Å². The first-order valence-corrected chi connectivity index (χ1v) is 9.57. The highest BCUT2D eigenvalue weighted by Crippen LogP contribution is 2.19. The normalized spacial score (nSPS) is 15.2. The topological polar surface area (TPSA) is 66.5 Å². The van der Waals surface area contributed by atoms with E-state index in [1.165, 1.54) is 5.56 Å². The van der Waals surface area contributed by atoms with Gasteiger partial charge in [-0.05, 0) is 24.0 Å². The van der Waals surface area contributed by atoms with Crippen LogP contribution in [0, 0.1) is 0 Å². The molecule has 144 valence electrons. The SMILES string of the molecule is C[C@H](CCNC(=O)NCc1cccnc1N1CCOCC1)c1ccccc1. The second-order valence-corrected chi connectivity index (χ2v) is 6.80. The number of urea groups is 1. The number of pyridine rings is 1. The van der Waals surface area contributed by atoms with E-state index in [0.29, 0.717) is 32.2 Å². The summed E-state index contributed by atoms with van der Waals surface area (Å²) in [7, 11) is 0. The van der Waals surface area contributed by atoms with Crippen LogP contribution < -0.4 is 15.5 Å². The molecule has 1 atom stereocenters. The fourth-order valence-electron chi connectivity index (χ4n) is 3.22. The fraction of sp³-hybridized carbons (Fsp3) is 0.429. The smallest absolute Gasteiger partial charge is 0.315 e. The molecule has 2 heterocycles. The summed E-state index contributed by atoms with van der Waals surface area (Å²) in [5.41, 5.74) is 2.32. The summed E-state index contributed by atoms with van der Waals surface area (Å²) in [6.07, 6.45) is 2.70. The van der Waals surface area contributed by atoms with E-state index < -0.39 is 0 Å². The van der Waals surface area contributed by atoms with Crippen molar-refractivity contribution in [3.63, 3.8) is 0 Å². The Bertz CT molecular complexity index is 717. The van der Waals surface area contributed by atoms with Crippen molar-refractivity contribution in [3.8, 4) is 0 Å². The molecule has 0 unspecified atom stereocenters. The van der Waals surface area contributed by atoms with Gasteiger partial charge in [-0.25, -0.2) is 9.78 Å². The second-order valence-electron chi connectivity index (χ2n) is 6.80. The molecule has 2 N–H and O–H groups in total. The molecule has 1 aromatic heterocycles. The van der Waals surface area contributed by atoms with Crippen molar-refractivity contribution < 1.29 is 9.53 Å². The van der Waals surface area contributed by atoms with Gasteiger partial charge in [0.05, 0.1) is 13.2 Å². The summed E-state index contributed by atoms with van der Waals surface area (Å²) < 4.78 is 5.41. The number of benzene rings is 1. The van der Waals surface area contributed by atoms with Crippen molar-refractivity contribution in [1.29, 1.82) is 0 Å². The maximum absolute atomic E-state index is 12.1. The number of rotatable bonds is 7. The maximum Gasteiger partial charge on any atom is 0.315 e. The Balaban J connectivity index is 1.44. The summed E-state index contributed by atoms with van der Waals surface area (Å²) in [5, 5.41) is 5.89. The Morgan fingerprint density at radius 2 is 1.93 bits per heavy atom. The van der Waals surface area contributed by atoms with E-state index in [-0.39, 0.29) is 6.03 Å².